The SMILES string of the molecule is CC(C)(C)N(C(=O)O)[C@@H](Cc1ccccc1)[C@@H](O)C(N)(OC1CCCC1)S(=O)(=O)c1cccc([N+](=O)[O-])c1. The van der Waals surface area contributed by atoms with E-state index in [0.29, 0.717) is 18.4 Å². The Hall–Kier alpha value is -3.06. The molecule has 0 saturated heterocycles. The number of benzene rings is 2. The number of aliphatic hydroxyl groups is 1. The van der Waals surface area contributed by atoms with Gasteiger partial charge < -0.3 is 14.9 Å². The molecule has 1 saturated carbocycles. The fourth-order valence-corrected chi connectivity index (χ4v) is 6.54. The minimum absolute atomic E-state index is 0.0665. The second kappa shape index (κ2) is 11.4. The average molecular weight is 550 g/mol. The number of nitrogens with two attached hydrogens (primary N) is 1. The van der Waals surface area contributed by atoms with E-state index in [1.54, 1.807) is 51.1 Å². The first kappa shape index (κ1) is 29.5. The summed E-state index contributed by atoms with van der Waals surface area (Å²) in [5, 5.41) is 30.6. The molecule has 2 aromatic rings. The molecular formula is C26H35N3O8S. The maximum atomic E-state index is 14.1. The van der Waals surface area contributed by atoms with Crippen molar-refractivity contribution in [2.24, 2.45) is 5.73 Å². The van der Waals surface area contributed by atoms with E-state index in [4.69, 9.17) is 10.5 Å². The molecule has 38 heavy (non-hydrogen) atoms. The Kier molecular flexibility index (Phi) is 8.82. The zero-order valence-corrected chi connectivity index (χ0v) is 22.5. The summed E-state index contributed by atoms with van der Waals surface area (Å²) in [4.78, 5) is 23.6. The standard InChI is InChI=1S/C26H35N3O8S/c1-25(2,3)28(24(31)32)22(16-18-10-5-4-6-11-18)23(30)26(27,37-20-13-7-8-14-20)38(35,36)21-15-9-12-19(17-21)29(33)34/h4-6,9-12,15,17,20,22-23,30H,7-8,13-14,16,27H2,1-3H3,(H,31,32)/t22-,23+,26?/m0/s1. The van der Waals surface area contributed by atoms with Gasteiger partial charge in [-0.15, -0.1) is 0 Å². The van der Waals surface area contributed by atoms with Gasteiger partial charge in [-0.1, -0.05) is 49.2 Å². The zero-order valence-electron chi connectivity index (χ0n) is 21.7. The smallest absolute Gasteiger partial charge is 0.408 e. The van der Waals surface area contributed by atoms with Crippen LogP contribution in [0.3, 0.4) is 0 Å². The average Bonchev–Trinajstić information content (AvgIpc) is 3.35. The van der Waals surface area contributed by atoms with Gasteiger partial charge in [0.15, 0.2) is 0 Å². The first-order valence-corrected chi connectivity index (χ1v) is 13.9. The zero-order chi connectivity index (χ0) is 28.3. The van der Waals surface area contributed by atoms with E-state index in [1.807, 2.05) is 0 Å². The molecule has 1 unspecified atom stereocenters. The topological polar surface area (TPSA) is 173 Å². The van der Waals surface area contributed by atoms with Gasteiger partial charge in [-0.2, -0.15) is 0 Å². The van der Waals surface area contributed by atoms with Gasteiger partial charge in [0.25, 0.3) is 10.7 Å². The molecule has 208 valence electrons. The number of non-ortho nitro benzene ring substituents is 1. The number of hydrogen-bond acceptors (Lipinski definition) is 8. The number of nitro benzene ring substituents is 1. The number of carboxylic acid groups (broad SMARTS) is 1. The van der Waals surface area contributed by atoms with Crippen molar-refractivity contribution in [3.63, 3.8) is 0 Å². The Morgan fingerprint density at radius 2 is 1.76 bits per heavy atom. The number of ether oxygens (including phenoxy) is 1. The lowest BCUT2D eigenvalue weighted by Gasteiger charge is -2.46. The number of sulfone groups is 1. The van der Waals surface area contributed by atoms with Gasteiger partial charge in [-0.25, -0.2) is 13.2 Å². The number of nitro groups is 1. The van der Waals surface area contributed by atoms with Crippen molar-refractivity contribution in [2.75, 3.05) is 0 Å². The minimum Gasteiger partial charge on any atom is -0.465 e. The van der Waals surface area contributed by atoms with Gasteiger partial charge in [0, 0.05) is 17.7 Å². The lowest BCUT2D eigenvalue weighted by molar-refractivity contribution is -0.385. The number of aliphatic hydroxyl groups excluding tert-OH is 1. The van der Waals surface area contributed by atoms with Gasteiger partial charge in [0.1, 0.15) is 6.10 Å². The molecule has 0 aliphatic heterocycles. The van der Waals surface area contributed by atoms with E-state index in [0.717, 1.165) is 35.9 Å². The molecule has 0 spiro atoms. The third kappa shape index (κ3) is 6.15. The molecule has 0 bridgehead atoms. The van der Waals surface area contributed by atoms with E-state index in [9.17, 15) is 33.5 Å². The quantitative estimate of drug-likeness (QED) is 0.227. The molecule has 3 rings (SSSR count). The second-order valence-corrected chi connectivity index (χ2v) is 12.6. The number of amides is 1. The van der Waals surface area contributed by atoms with Crippen LogP contribution in [0.15, 0.2) is 59.5 Å². The van der Waals surface area contributed by atoms with E-state index in [1.165, 1.54) is 6.07 Å². The summed E-state index contributed by atoms with van der Waals surface area (Å²) in [5.74, 6) is 0. The van der Waals surface area contributed by atoms with Crippen LogP contribution in [0, 0.1) is 10.1 Å². The van der Waals surface area contributed by atoms with Crippen molar-refractivity contribution in [1.29, 1.82) is 0 Å². The van der Waals surface area contributed by atoms with E-state index >= 15 is 0 Å². The van der Waals surface area contributed by atoms with Crippen molar-refractivity contribution >= 4 is 21.6 Å². The van der Waals surface area contributed by atoms with E-state index in [-0.39, 0.29) is 6.42 Å². The largest absolute Gasteiger partial charge is 0.465 e. The second-order valence-electron chi connectivity index (χ2n) is 10.5. The number of nitrogens with zero attached hydrogens (tertiary/aromatic N) is 2. The molecule has 3 atom stereocenters. The van der Waals surface area contributed by atoms with Crippen molar-refractivity contribution in [3.8, 4) is 0 Å². The van der Waals surface area contributed by atoms with Crippen LogP contribution in [-0.4, -0.2) is 63.4 Å². The lowest BCUT2D eigenvalue weighted by atomic mass is 9.94. The van der Waals surface area contributed by atoms with Gasteiger partial charge in [0.05, 0.1) is 22.0 Å². The summed E-state index contributed by atoms with van der Waals surface area (Å²) >= 11 is 0. The Morgan fingerprint density at radius 1 is 1.16 bits per heavy atom. The Bertz CT molecular complexity index is 1240. The minimum atomic E-state index is -4.80. The fraction of sp³-hybridized carbons (Fsp3) is 0.500. The summed E-state index contributed by atoms with van der Waals surface area (Å²) in [6.07, 6.45) is -1.58. The molecule has 11 nitrogen and oxygen atoms in total. The van der Waals surface area contributed by atoms with Crippen LogP contribution < -0.4 is 5.73 Å². The molecular weight excluding hydrogens is 514 g/mol. The van der Waals surface area contributed by atoms with E-state index < -0.39 is 60.3 Å². The van der Waals surface area contributed by atoms with Gasteiger partial charge in [0.2, 0.25) is 9.84 Å². The third-order valence-corrected chi connectivity index (χ3v) is 8.79. The van der Waals surface area contributed by atoms with Gasteiger partial charge in [-0.05, 0) is 51.7 Å². The molecule has 0 aromatic heterocycles. The van der Waals surface area contributed by atoms with Crippen molar-refractivity contribution in [3.05, 3.63) is 70.3 Å². The van der Waals surface area contributed by atoms with E-state index in [2.05, 4.69) is 0 Å². The first-order valence-electron chi connectivity index (χ1n) is 12.4. The Balaban J connectivity index is 2.20. The lowest BCUT2D eigenvalue weighted by Crippen LogP contribution is -2.69. The van der Waals surface area contributed by atoms with Gasteiger partial charge in [-0.3, -0.25) is 20.7 Å². The molecule has 2 aromatic carbocycles. The number of rotatable bonds is 10. The maximum absolute atomic E-state index is 14.1. The van der Waals surface area contributed by atoms with Crippen LogP contribution in [-0.2, 0) is 21.0 Å². The van der Waals surface area contributed by atoms with Crippen LogP contribution in [0.4, 0.5) is 10.5 Å². The van der Waals surface area contributed by atoms with Crippen molar-refractivity contribution in [2.45, 2.75) is 86.6 Å². The summed E-state index contributed by atoms with van der Waals surface area (Å²) in [6.45, 7) is 4.87. The highest BCUT2D eigenvalue weighted by molar-refractivity contribution is 7.92. The summed E-state index contributed by atoms with van der Waals surface area (Å²) < 4.78 is 34.1. The predicted octanol–water partition coefficient (Wildman–Crippen LogP) is 3.69. The van der Waals surface area contributed by atoms with Crippen LogP contribution in [0.1, 0.15) is 52.0 Å². The molecule has 1 aliphatic carbocycles. The highest BCUT2D eigenvalue weighted by Gasteiger charge is 2.56. The number of carbonyl (C=O) groups is 1. The van der Waals surface area contributed by atoms with Crippen LogP contribution in [0.25, 0.3) is 0 Å². The van der Waals surface area contributed by atoms with Crippen LogP contribution in [0.5, 0.6) is 0 Å². The van der Waals surface area contributed by atoms with Crippen LogP contribution in [0.2, 0.25) is 0 Å². The van der Waals surface area contributed by atoms with Crippen LogP contribution >= 0.6 is 0 Å². The van der Waals surface area contributed by atoms with Crippen molar-refractivity contribution < 1.29 is 33.1 Å². The Labute approximate surface area is 222 Å². The number of hydrogen-bond donors (Lipinski definition) is 3. The summed E-state index contributed by atoms with van der Waals surface area (Å²) in [7, 11) is -4.80. The highest BCUT2D eigenvalue weighted by atomic mass is 32.2. The third-order valence-electron chi connectivity index (χ3n) is 6.74. The summed E-state index contributed by atoms with van der Waals surface area (Å²) in [6, 6.07) is 11.7. The molecule has 4 N–H and O–H groups in total. The molecule has 12 heteroatoms. The molecule has 0 radical (unpaired) electrons. The summed E-state index contributed by atoms with van der Waals surface area (Å²) in [5.41, 5.74) is 5.65. The highest BCUT2D eigenvalue weighted by Crippen LogP contribution is 2.37. The fourth-order valence-electron chi connectivity index (χ4n) is 4.90. The maximum Gasteiger partial charge on any atom is 0.408 e. The monoisotopic (exact) mass is 549 g/mol. The molecule has 1 fully saturated rings. The first-order chi connectivity index (χ1) is 17.7. The molecule has 1 amide bonds. The Morgan fingerprint density at radius 3 is 2.29 bits per heavy atom. The normalized spacial score (nSPS) is 17.9. The molecule has 0 heterocycles. The van der Waals surface area contributed by atoms with Crippen molar-refractivity contribution in [1.82, 2.24) is 4.90 Å². The molecule has 1 aliphatic rings. The van der Waals surface area contributed by atoms with Gasteiger partial charge >= 0.3 is 6.09 Å². The predicted molar refractivity (Wildman–Crippen MR) is 140 cm³/mol.